The van der Waals surface area contributed by atoms with Crippen LogP contribution in [0, 0.1) is 5.41 Å². The molecule has 1 fully saturated rings. The molecule has 3 atom stereocenters. The van der Waals surface area contributed by atoms with E-state index >= 15 is 0 Å². The summed E-state index contributed by atoms with van der Waals surface area (Å²) < 4.78 is 5.59. The van der Waals surface area contributed by atoms with Crippen LogP contribution < -0.4 is 31.3 Å². The van der Waals surface area contributed by atoms with Crippen molar-refractivity contribution >= 4 is 69.0 Å². The van der Waals surface area contributed by atoms with Gasteiger partial charge in [0, 0.05) is 30.6 Å². The number of nitrogens with zero attached hydrogens (tertiary/aromatic N) is 3. The number of rotatable bonds is 10. The van der Waals surface area contributed by atoms with Gasteiger partial charge in [0.1, 0.15) is 30.0 Å². The van der Waals surface area contributed by atoms with Crippen LogP contribution in [0.1, 0.15) is 47.5 Å². The highest BCUT2D eigenvalue weighted by atomic mass is 35.5. The molecule has 1 saturated heterocycles. The zero-order valence-electron chi connectivity index (χ0n) is 27.1. The third-order valence-corrected chi connectivity index (χ3v) is 8.15. The van der Waals surface area contributed by atoms with Crippen LogP contribution in [0.3, 0.4) is 0 Å². The van der Waals surface area contributed by atoms with E-state index in [4.69, 9.17) is 16.3 Å². The molecule has 0 saturated carbocycles. The Bertz CT molecular complexity index is 1640. The number of benzene rings is 2. The fourth-order valence-electron chi connectivity index (χ4n) is 5.21. The van der Waals surface area contributed by atoms with Crippen molar-refractivity contribution in [3.8, 4) is 5.75 Å². The maximum atomic E-state index is 13.9. The first kappa shape index (κ1) is 34.4. The molecule has 4 rings (SSSR count). The number of carbonyl (C=O) groups excluding carboxylic acids is 4. The molecule has 1 aliphatic heterocycles. The Morgan fingerprint density at radius 1 is 1.07 bits per heavy atom. The molecular formula is C32H41ClN8O5. The van der Waals surface area contributed by atoms with Gasteiger partial charge in [-0.25, -0.2) is 9.97 Å². The number of ether oxygens (including phenoxy) is 1. The summed E-state index contributed by atoms with van der Waals surface area (Å²) in [5.74, 6) is -0.450. The fraction of sp³-hybridized carbons (Fsp3) is 0.438. The van der Waals surface area contributed by atoms with E-state index in [1.54, 1.807) is 49.2 Å². The number of fused-ring (bicyclic) bond motifs is 1. The number of aromatic nitrogens is 2. The number of likely N-dealkylation sites (tertiary alicyclic amines) is 1. The van der Waals surface area contributed by atoms with E-state index in [1.165, 1.54) is 20.4 Å². The number of carbonyl (C=O) groups is 4. The van der Waals surface area contributed by atoms with Gasteiger partial charge in [-0.15, -0.1) is 0 Å². The molecule has 4 amide bonds. The third-order valence-electron chi connectivity index (χ3n) is 7.82. The molecule has 0 spiro atoms. The Morgan fingerprint density at radius 3 is 2.46 bits per heavy atom. The first-order valence-corrected chi connectivity index (χ1v) is 15.4. The highest BCUT2D eigenvalue weighted by molar-refractivity contribution is 6.33. The monoisotopic (exact) mass is 652 g/mol. The zero-order chi connectivity index (χ0) is 33.8. The number of likely N-dealkylation sites (N-methyl/N-ethyl adjacent to an activating group) is 1. The molecule has 5 N–H and O–H groups in total. The second-order valence-electron chi connectivity index (χ2n) is 12.3. The molecule has 2 aromatic carbocycles. The second-order valence-corrected chi connectivity index (χ2v) is 12.7. The van der Waals surface area contributed by atoms with Crippen LogP contribution in [0.15, 0.2) is 36.7 Å². The van der Waals surface area contributed by atoms with Gasteiger partial charge in [-0.3, -0.25) is 19.2 Å². The average molecular weight is 653 g/mol. The minimum absolute atomic E-state index is 0.224. The summed E-state index contributed by atoms with van der Waals surface area (Å²) >= 11 is 6.44. The van der Waals surface area contributed by atoms with Crippen LogP contribution >= 0.6 is 11.6 Å². The Balaban J connectivity index is 1.62. The van der Waals surface area contributed by atoms with Gasteiger partial charge < -0.3 is 36.2 Å². The Morgan fingerprint density at radius 2 is 1.80 bits per heavy atom. The number of anilines is 4. The van der Waals surface area contributed by atoms with Gasteiger partial charge in [-0.2, -0.15) is 0 Å². The summed E-state index contributed by atoms with van der Waals surface area (Å²) in [7, 11) is 3.16. The maximum Gasteiger partial charge on any atom is 0.247 e. The number of hydrogen-bond acceptors (Lipinski definition) is 9. The van der Waals surface area contributed by atoms with Crippen molar-refractivity contribution < 1.29 is 23.9 Å². The van der Waals surface area contributed by atoms with Crippen LogP contribution in [0.5, 0.6) is 5.75 Å². The standard InChI is InChI=1S/C32H41ClN8O5/c1-17(34-6)29(43)40-27(32(3,4)5)31(45)41-12-8-9-25(41)30(44)39-24-14-20-22(15-26(24)46-7)35-16-36-28(20)38-23-13-19(37-18(2)42)10-11-21(23)33/h10-11,13-17,25,27,34H,8-9,12H2,1-7H3,(H,37,42)(H,39,44)(H,40,43)(H,35,36,38)/t17-,25-,27+/m0/s1. The van der Waals surface area contributed by atoms with Crippen molar-refractivity contribution in [2.45, 2.75) is 65.6 Å². The van der Waals surface area contributed by atoms with Crippen LogP contribution in [0.4, 0.5) is 22.9 Å². The summed E-state index contributed by atoms with van der Waals surface area (Å²) in [6.07, 6.45) is 2.48. The van der Waals surface area contributed by atoms with Crippen molar-refractivity contribution in [2.24, 2.45) is 5.41 Å². The highest BCUT2D eigenvalue weighted by Gasteiger charge is 2.42. The number of nitrogens with one attached hydrogen (secondary N) is 5. The van der Waals surface area contributed by atoms with Gasteiger partial charge >= 0.3 is 0 Å². The van der Waals surface area contributed by atoms with Crippen molar-refractivity contribution in [3.63, 3.8) is 0 Å². The van der Waals surface area contributed by atoms with Gasteiger partial charge in [0.2, 0.25) is 23.6 Å². The zero-order valence-corrected chi connectivity index (χ0v) is 27.8. The minimum Gasteiger partial charge on any atom is -0.494 e. The average Bonchev–Trinajstić information content (AvgIpc) is 3.50. The lowest BCUT2D eigenvalue weighted by molar-refractivity contribution is -0.143. The Kier molecular flexibility index (Phi) is 10.7. The SMILES string of the molecule is CN[C@@H](C)C(=O)N[C@H](C(=O)N1CCC[C@H]1C(=O)Nc1cc2c(Nc3cc(NC(C)=O)ccc3Cl)ncnc2cc1OC)C(C)(C)C. The molecule has 13 nitrogen and oxygen atoms in total. The Labute approximate surface area is 273 Å². The van der Waals surface area contributed by atoms with E-state index in [1.807, 2.05) is 20.8 Å². The summed E-state index contributed by atoms with van der Waals surface area (Å²) in [6.45, 7) is 9.14. The predicted molar refractivity (Wildman–Crippen MR) is 178 cm³/mol. The highest BCUT2D eigenvalue weighted by Crippen LogP contribution is 2.36. The molecular weight excluding hydrogens is 612 g/mol. The third kappa shape index (κ3) is 7.83. The predicted octanol–water partition coefficient (Wildman–Crippen LogP) is 4.06. The van der Waals surface area contributed by atoms with Gasteiger partial charge in [0.25, 0.3) is 0 Å². The van der Waals surface area contributed by atoms with E-state index in [0.717, 1.165) is 0 Å². The lowest BCUT2D eigenvalue weighted by atomic mass is 9.85. The molecule has 14 heteroatoms. The van der Waals surface area contributed by atoms with Gasteiger partial charge in [-0.05, 0) is 56.5 Å². The number of methoxy groups -OCH3 is 1. The molecule has 0 aliphatic carbocycles. The summed E-state index contributed by atoms with van der Waals surface area (Å²) in [6, 6.07) is 6.31. The van der Waals surface area contributed by atoms with Crippen LogP contribution in [-0.4, -0.2) is 77.3 Å². The number of hydrogen-bond donors (Lipinski definition) is 5. The lowest BCUT2D eigenvalue weighted by Crippen LogP contribution is -2.59. The largest absolute Gasteiger partial charge is 0.494 e. The molecule has 0 unspecified atom stereocenters. The summed E-state index contributed by atoms with van der Waals surface area (Å²) in [4.78, 5) is 62.2. The van der Waals surface area contributed by atoms with Crippen molar-refractivity contribution in [2.75, 3.05) is 36.7 Å². The van der Waals surface area contributed by atoms with Crippen molar-refractivity contribution in [1.29, 1.82) is 0 Å². The number of amides is 4. The van der Waals surface area contributed by atoms with Gasteiger partial charge in [0.15, 0.2) is 0 Å². The lowest BCUT2D eigenvalue weighted by Gasteiger charge is -2.36. The van der Waals surface area contributed by atoms with Gasteiger partial charge in [0.05, 0.1) is 35.1 Å². The first-order chi connectivity index (χ1) is 21.7. The van der Waals surface area contributed by atoms with E-state index in [-0.39, 0.29) is 23.6 Å². The molecule has 0 bridgehead atoms. The summed E-state index contributed by atoms with van der Waals surface area (Å²) in [5.41, 5.74) is 1.35. The van der Waals surface area contributed by atoms with Crippen LogP contribution in [0.2, 0.25) is 5.02 Å². The Hall–Kier alpha value is -4.49. The normalized spacial score (nSPS) is 16.0. The van der Waals surface area contributed by atoms with Crippen molar-refractivity contribution in [1.82, 2.24) is 25.5 Å². The molecule has 246 valence electrons. The molecule has 0 radical (unpaired) electrons. The topological polar surface area (TPSA) is 167 Å². The van der Waals surface area contributed by atoms with Crippen molar-refractivity contribution in [3.05, 3.63) is 41.7 Å². The van der Waals surface area contributed by atoms with Gasteiger partial charge in [-0.1, -0.05) is 32.4 Å². The summed E-state index contributed by atoms with van der Waals surface area (Å²) in [5, 5.41) is 15.6. The molecule has 3 aromatic rings. The molecule has 46 heavy (non-hydrogen) atoms. The van der Waals surface area contributed by atoms with E-state index < -0.39 is 23.5 Å². The van der Waals surface area contributed by atoms with Crippen LogP contribution in [-0.2, 0) is 19.2 Å². The molecule has 1 aliphatic rings. The fourth-order valence-corrected chi connectivity index (χ4v) is 5.38. The van der Waals surface area contributed by atoms with Crippen LogP contribution in [0.25, 0.3) is 10.9 Å². The first-order valence-electron chi connectivity index (χ1n) is 15.0. The molecule has 2 heterocycles. The maximum absolute atomic E-state index is 13.9. The van der Waals surface area contributed by atoms with E-state index in [9.17, 15) is 19.2 Å². The minimum atomic E-state index is -0.832. The smallest absolute Gasteiger partial charge is 0.247 e. The van der Waals surface area contributed by atoms with E-state index in [0.29, 0.717) is 63.9 Å². The second kappa shape index (κ2) is 14.3. The molecule has 1 aromatic heterocycles. The quantitative estimate of drug-likeness (QED) is 0.217. The van der Waals surface area contributed by atoms with E-state index in [2.05, 4.69) is 36.6 Å². The number of halogens is 1.